The van der Waals surface area contributed by atoms with Crippen molar-refractivity contribution in [1.82, 2.24) is 10.1 Å². The molecule has 0 aliphatic rings. The quantitative estimate of drug-likeness (QED) is 0.531. The summed E-state index contributed by atoms with van der Waals surface area (Å²) in [6.07, 6.45) is 0. The molecular weight excluding hydrogens is 350 g/mol. The first kappa shape index (κ1) is 16.5. The van der Waals surface area contributed by atoms with Crippen molar-refractivity contribution in [3.63, 3.8) is 0 Å². The van der Waals surface area contributed by atoms with Crippen LogP contribution in [0.25, 0.3) is 10.2 Å². The Balaban J connectivity index is 1.43. The number of aromatic nitrogens is 2. The summed E-state index contributed by atoms with van der Waals surface area (Å²) in [6, 6.07) is 9.33. The molecule has 0 spiro atoms. The Bertz CT molecular complexity index is 841. The predicted molar refractivity (Wildman–Crippen MR) is 91.2 cm³/mol. The normalized spacial score (nSPS) is 10.7. The molecule has 0 bridgehead atoms. The molecule has 0 atom stereocenters. The third-order valence-corrected chi connectivity index (χ3v) is 5.00. The van der Waals surface area contributed by atoms with Crippen LogP contribution in [0.2, 0.25) is 0 Å². The van der Waals surface area contributed by atoms with Crippen molar-refractivity contribution in [2.75, 3.05) is 17.7 Å². The SMILES string of the molecule is Cc1cc(NC(=O)COC(=O)CSc2nc3ccccc3s2)no1. The number of thiazole rings is 1. The van der Waals surface area contributed by atoms with E-state index in [1.165, 1.54) is 23.1 Å². The molecule has 2 aromatic heterocycles. The number of hydrogen-bond acceptors (Lipinski definition) is 8. The van der Waals surface area contributed by atoms with Crippen molar-refractivity contribution in [2.45, 2.75) is 11.3 Å². The zero-order valence-electron chi connectivity index (χ0n) is 12.6. The van der Waals surface area contributed by atoms with Crippen molar-refractivity contribution in [3.8, 4) is 0 Å². The third kappa shape index (κ3) is 4.33. The fourth-order valence-electron chi connectivity index (χ4n) is 1.83. The van der Waals surface area contributed by atoms with Gasteiger partial charge in [-0.1, -0.05) is 29.1 Å². The Morgan fingerprint density at radius 3 is 2.96 bits per heavy atom. The van der Waals surface area contributed by atoms with E-state index in [2.05, 4.69) is 15.5 Å². The number of carbonyl (C=O) groups excluding carboxylic acids is 2. The highest BCUT2D eigenvalue weighted by molar-refractivity contribution is 8.01. The smallest absolute Gasteiger partial charge is 0.316 e. The van der Waals surface area contributed by atoms with E-state index in [1.807, 2.05) is 24.3 Å². The van der Waals surface area contributed by atoms with E-state index >= 15 is 0 Å². The van der Waals surface area contributed by atoms with Gasteiger partial charge in [0.05, 0.1) is 16.0 Å². The van der Waals surface area contributed by atoms with Gasteiger partial charge in [0.15, 0.2) is 16.8 Å². The summed E-state index contributed by atoms with van der Waals surface area (Å²) in [5.41, 5.74) is 0.903. The van der Waals surface area contributed by atoms with Crippen LogP contribution in [-0.4, -0.2) is 34.4 Å². The lowest BCUT2D eigenvalue weighted by atomic mass is 10.3. The van der Waals surface area contributed by atoms with Crippen LogP contribution in [0.1, 0.15) is 5.76 Å². The number of rotatable bonds is 6. The Labute approximate surface area is 145 Å². The van der Waals surface area contributed by atoms with E-state index in [0.717, 1.165) is 14.6 Å². The number of para-hydroxylation sites is 1. The second kappa shape index (κ2) is 7.45. The lowest BCUT2D eigenvalue weighted by Gasteiger charge is -2.03. The van der Waals surface area contributed by atoms with Crippen molar-refractivity contribution in [1.29, 1.82) is 0 Å². The highest BCUT2D eigenvalue weighted by Crippen LogP contribution is 2.29. The topological polar surface area (TPSA) is 94.3 Å². The Morgan fingerprint density at radius 2 is 2.21 bits per heavy atom. The molecule has 9 heteroatoms. The number of nitrogens with one attached hydrogen (secondary N) is 1. The second-order valence-corrected chi connectivity index (χ2v) is 7.02. The number of anilines is 1. The predicted octanol–water partition coefficient (Wildman–Crippen LogP) is 2.87. The largest absolute Gasteiger partial charge is 0.455 e. The molecule has 3 rings (SSSR count). The van der Waals surface area contributed by atoms with Gasteiger partial charge in [0.2, 0.25) is 0 Å². The fraction of sp³-hybridized carbons (Fsp3) is 0.200. The Kier molecular flexibility index (Phi) is 5.11. The van der Waals surface area contributed by atoms with Gasteiger partial charge in [0, 0.05) is 6.07 Å². The van der Waals surface area contributed by atoms with E-state index in [0.29, 0.717) is 5.76 Å². The van der Waals surface area contributed by atoms with Gasteiger partial charge >= 0.3 is 5.97 Å². The van der Waals surface area contributed by atoms with Crippen LogP contribution >= 0.6 is 23.1 Å². The number of benzene rings is 1. The van der Waals surface area contributed by atoms with E-state index in [1.54, 1.807) is 13.0 Å². The molecule has 3 aromatic rings. The van der Waals surface area contributed by atoms with Gasteiger partial charge in [-0.15, -0.1) is 11.3 Å². The zero-order chi connectivity index (χ0) is 16.9. The molecule has 1 amide bonds. The van der Waals surface area contributed by atoms with Crippen LogP contribution in [0.4, 0.5) is 5.82 Å². The van der Waals surface area contributed by atoms with Crippen molar-refractivity contribution >= 4 is 51.0 Å². The monoisotopic (exact) mass is 363 g/mol. The number of hydrogen-bond donors (Lipinski definition) is 1. The van der Waals surface area contributed by atoms with Crippen molar-refractivity contribution < 1.29 is 18.8 Å². The van der Waals surface area contributed by atoms with Gasteiger partial charge in [-0.2, -0.15) is 0 Å². The minimum absolute atomic E-state index is 0.0934. The van der Waals surface area contributed by atoms with E-state index < -0.39 is 11.9 Å². The molecule has 2 heterocycles. The summed E-state index contributed by atoms with van der Waals surface area (Å²) < 4.78 is 11.6. The molecule has 0 fully saturated rings. The number of amides is 1. The van der Waals surface area contributed by atoms with E-state index in [-0.39, 0.29) is 18.2 Å². The molecule has 1 aromatic carbocycles. The summed E-state index contributed by atoms with van der Waals surface area (Å²) >= 11 is 2.80. The highest BCUT2D eigenvalue weighted by atomic mass is 32.2. The van der Waals surface area contributed by atoms with Crippen LogP contribution in [0, 0.1) is 6.92 Å². The summed E-state index contributed by atoms with van der Waals surface area (Å²) in [5.74, 6) is 0.00945. The molecule has 0 saturated carbocycles. The van der Waals surface area contributed by atoms with Crippen LogP contribution < -0.4 is 5.32 Å². The van der Waals surface area contributed by atoms with E-state index in [4.69, 9.17) is 9.26 Å². The molecule has 0 saturated heterocycles. The van der Waals surface area contributed by atoms with Gasteiger partial charge in [-0.3, -0.25) is 9.59 Å². The van der Waals surface area contributed by atoms with Gasteiger partial charge in [-0.05, 0) is 19.1 Å². The summed E-state index contributed by atoms with van der Waals surface area (Å²) in [4.78, 5) is 27.8. The van der Waals surface area contributed by atoms with Crippen LogP contribution in [0.5, 0.6) is 0 Å². The third-order valence-electron chi connectivity index (χ3n) is 2.85. The first-order chi connectivity index (χ1) is 11.6. The van der Waals surface area contributed by atoms with Gasteiger partial charge in [0.25, 0.3) is 5.91 Å². The maximum absolute atomic E-state index is 11.7. The molecule has 0 unspecified atom stereocenters. The molecule has 0 aliphatic carbocycles. The van der Waals surface area contributed by atoms with Crippen LogP contribution in [0.15, 0.2) is 39.2 Å². The summed E-state index contributed by atoms with van der Waals surface area (Å²) in [7, 11) is 0. The molecule has 24 heavy (non-hydrogen) atoms. The number of fused-ring (bicyclic) bond motifs is 1. The molecule has 0 radical (unpaired) electrons. The average Bonchev–Trinajstić information content (AvgIpc) is 3.16. The minimum atomic E-state index is -0.481. The zero-order valence-corrected chi connectivity index (χ0v) is 14.3. The number of aryl methyl sites for hydroxylation is 1. The average molecular weight is 363 g/mol. The number of ether oxygens (including phenoxy) is 1. The molecule has 0 aliphatic heterocycles. The lowest BCUT2D eigenvalue weighted by Crippen LogP contribution is -2.21. The maximum Gasteiger partial charge on any atom is 0.316 e. The minimum Gasteiger partial charge on any atom is -0.455 e. The number of thioether (sulfide) groups is 1. The summed E-state index contributed by atoms with van der Waals surface area (Å²) in [6.45, 7) is 1.34. The molecule has 7 nitrogen and oxygen atoms in total. The summed E-state index contributed by atoms with van der Waals surface area (Å²) in [5, 5.41) is 6.09. The van der Waals surface area contributed by atoms with Gasteiger partial charge in [-0.25, -0.2) is 4.98 Å². The Hall–Kier alpha value is -2.39. The van der Waals surface area contributed by atoms with Gasteiger partial charge in [0.1, 0.15) is 5.76 Å². The highest BCUT2D eigenvalue weighted by Gasteiger charge is 2.12. The second-order valence-electron chi connectivity index (χ2n) is 4.77. The molecular formula is C15H13N3O4S2. The first-order valence-electron chi connectivity index (χ1n) is 6.97. The number of nitrogens with zero attached hydrogens (tertiary/aromatic N) is 2. The van der Waals surface area contributed by atoms with Crippen molar-refractivity contribution in [2.24, 2.45) is 0 Å². The van der Waals surface area contributed by atoms with Crippen LogP contribution in [-0.2, 0) is 14.3 Å². The number of esters is 1. The number of carbonyl (C=O) groups is 2. The fourth-order valence-corrected chi connectivity index (χ4v) is 3.69. The lowest BCUT2D eigenvalue weighted by molar-refractivity contribution is -0.144. The molecule has 124 valence electrons. The van der Waals surface area contributed by atoms with Crippen LogP contribution in [0.3, 0.4) is 0 Å². The standard InChI is InChI=1S/C15H13N3O4S2/c1-9-6-12(18-22-9)17-13(19)7-21-14(20)8-23-15-16-10-4-2-3-5-11(10)24-15/h2-6H,7-8H2,1H3,(H,17,18,19). The van der Waals surface area contributed by atoms with Gasteiger partial charge < -0.3 is 14.6 Å². The van der Waals surface area contributed by atoms with Crippen molar-refractivity contribution in [3.05, 3.63) is 36.1 Å². The van der Waals surface area contributed by atoms with E-state index in [9.17, 15) is 9.59 Å². The molecule has 1 N–H and O–H groups in total. The Morgan fingerprint density at radius 1 is 1.38 bits per heavy atom. The maximum atomic E-state index is 11.7. The first-order valence-corrected chi connectivity index (χ1v) is 8.77.